The van der Waals surface area contributed by atoms with E-state index in [1.54, 1.807) is 10.9 Å². The molecular weight excluding hydrogens is 683 g/mol. The second-order valence-corrected chi connectivity index (χ2v) is 14.1. The van der Waals surface area contributed by atoms with Gasteiger partial charge in [-0.1, -0.05) is 60.2 Å². The number of nitrogens with one attached hydrogen (secondary N) is 5. The number of hydrogen-bond donors (Lipinski definition) is 5. The molecule has 0 radical (unpaired) electrons. The number of anilines is 1. The maximum absolute atomic E-state index is 12.4. The molecular formula is C36H45N11O4S. The molecule has 2 aliphatic heterocycles. The Morgan fingerprint density at radius 3 is 2.71 bits per heavy atom. The lowest BCUT2D eigenvalue weighted by molar-refractivity contribution is -0.121. The SMILES string of the molecule is Cc1c(COc2ncnc(NCCNC(=O)CCc3cn(CCNC(=O)CCCC[C@@H]4SC[C@@H]5NC(=O)N[C@@H]54)nn3)n2)cccc1-c1ccccc1. The van der Waals surface area contributed by atoms with E-state index in [2.05, 4.69) is 77.0 Å². The largest absolute Gasteiger partial charge is 0.458 e. The fraction of sp³-hybridized carbons (Fsp3) is 0.444. The first-order chi connectivity index (χ1) is 25.4. The Bertz CT molecular complexity index is 1810. The zero-order valence-electron chi connectivity index (χ0n) is 29.2. The maximum Gasteiger partial charge on any atom is 0.321 e. The van der Waals surface area contributed by atoms with Crippen molar-refractivity contribution in [3.63, 3.8) is 0 Å². The minimum absolute atomic E-state index is 0.0134. The Hall–Kier alpha value is -5.25. The van der Waals surface area contributed by atoms with Gasteiger partial charge in [0, 0.05) is 56.1 Å². The van der Waals surface area contributed by atoms with Crippen LogP contribution in [0.4, 0.5) is 10.7 Å². The van der Waals surface area contributed by atoms with Crippen molar-refractivity contribution in [1.29, 1.82) is 0 Å². The highest BCUT2D eigenvalue weighted by molar-refractivity contribution is 8.00. The van der Waals surface area contributed by atoms with Gasteiger partial charge in [0.05, 0.1) is 24.3 Å². The summed E-state index contributed by atoms with van der Waals surface area (Å²) in [5.41, 5.74) is 5.19. The van der Waals surface area contributed by atoms with Crippen LogP contribution in [-0.2, 0) is 29.2 Å². The smallest absolute Gasteiger partial charge is 0.321 e. The highest BCUT2D eigenvalue weighted by atomic mass is 32.2. The van der Waals surface area contributed by atoms with Crippen LogP contribution in [0.5, 0.6) is 6.01 Å². The van der Waals surface area contributed by atoms with E-state index < -0.39 is 0 Å². The molecule has 2 aromatic heterocycles. The fourth-order valence-corrected chi connectivity index (χ4v) is 7.83. The molecule has 4 aromatic rings. The lowest BCUT2D eigenvalue weighted by Crippen LogP contribution is -2.36. The van der Waals surface area contributed by atoms with Gasteiger partial charge in [-0.05, 0) is 42.0 Å². The van der Waals surface area contributed by atoms with Crippen LogP contribution in [0.25, 0.3) is 11.1 Å². The molecule has 5 N–H and O–H groups in total. The van der Waals surface area contributed by atoms with Gasteiger partial charge in [-0.2, -0.15) is 21.7 Å². The number of nitrogens with zero attached hydrogens (tertiary/aromatic N) is 6. The van der Waals surface area contributed by atoms with E-state index in [9.17, 15) is 14.4 Å². The van der Waals surface area contributed by atoms with Crippen molar-refractivity contribution >= 4 is 35.6 Å². The first-order valence-electron chi connectivity index (χ1n) is 17.7. The summed E-state index contributed by atoms with van der Waals surface area (Å²) >= 11 is 1.89. The van der Waals surface area contributed by atoms with Gasteiger partial charge in [-0.25, -0.2) is 9.78 Å². The van der Waals surface area contributed by atoms with Gasteiger partial charge >= 0.3 is 12.0 Å². The highest BCUT2D eigenvalue weighted by Crippen LogP contribution is 2.33. The maximum atomic E-state index is 12.4. The number of thioether (sulfide) groups is 1. The normalized spacial score (nSPS) is 17.6. The van der Waals surface area contributed by atoms with Gasteiger partial charge in [0.2, 0.25) is 17.8 Å². The number of carbonyl (C=O) groups excluding carboxylic acids is 3. The minimum Gasteiger partial charge on any atom is -0.458 e. The van der Waals surface area contributed by atoms with Gasteiger partial charge in [0.25, 0.3) is 0 Å². The molecule has 4 heterocycles. The van der Waals surface area contributed by atoms with Crippen LogP contribution in [0.3, 0.4) is 0 Å². The molecule has 2 aliphatic rings. The van der Waals surface area contributed by atoms with Crippen molar-refractivity contribution in [2.24, 2.45) is 0 Å². The Morgan fingerprint density at radius 2 is 1.83 bits per heavy atom. The molecule has 0 bridgehead atoms. The summed E-state index contributed by atoms with van der Waals surface area (Å²) in [4.78, 5) is 48.9. The number of benzene rings is 2. The number of amides is 4. The van der Waals surface area contributed by atoms with E-state index in [0.29, 0.717) is 62.5 Å². The summed E-state index contributed by atoms with van der Waals surface area (Å²) in [5, 5.41) is 23.6. The van der Waals surface area contributed by atoms with E-state index in [1.807, 2.05) is 42.1 Å². The monoisotopic (exact) mass is 727 g/mol. The first-order valence-corrected chi connectivity index (χ1v) is 18.8. The Morgan fingerprint density at radius 1 is 0.981 bits per heavy atom. The number of ether oxygens (including phenoxy) is 1. The lowest BCUT2D eigenvalue weighted by Gasteiger charge is -2.16. The van der Waals surface area contributed by atoms with Crippen LogP contribution < -0.4 is 31.3 Å². The van der Waals surface area contributed by atoms with Crippen LogP contribution in [0.2, 0.25) is 0 Å². The number of rotatable bonds is 19. The molecule has 2 aromatic carbocycles. The third-order valence-corrected chi connectivity index (χ3v) is 10.6. The number of aryl methyl sites for hydroxylation is 1. The standard InChI is InChI=1S/C36H45N11O4S/c1-24-26(10-7-11-28(24)25-8-3-2-4-9-25)21-51-36-41-23-40-34(44-36)39-17-16-37-32(49)15-14-27-20-47(46-45-27)19-18-38-31(48)13-6-5-12-30-33-29(22-52-30)42-35(50)43-33/h2-4,7-11,20,23,29-30,33H,5-6,12-19,21-22H2,1H3,(H,37,49)(H,38,48)(H2,42,43,50)(H,39,40,41,44)/t29-,30-,33-/m0/s1. The van der Waals surface area contributed by atoms with Crippen molar-refractivity contribution in [2.75, 3.05) is 30.7 Å². The summed E-state index contributed by atoms with van der Waals surface area (Å²) < 4.78 is 7.56. The van der Waals surface area contributed by atoms with E-state index in [4.69, 9.17) is 4.74 Å². The van der Waals surface area contributed by atoms with Crippen LogP contribution in [0, 0.1) is 6.92 Å². The van der Waals surface area contributed by atoms with Gasteiger partial charge in [-0.15, -0.1) is 5.10 Å². The molecule has 0 unspecified atom stereocenters. The number of hydrogen-bond acceptors (Lipinski definition) is 11. The Kier molecular flexibility index (Phi) is 12.9. The van der Waals surface area contributed by atoms with Crippen molar-refractivity contribution in [3.8, 4) is 17.1 Å². The number of unbranched alkanes of at least 4 members (excludes halogenated alkanes) is 1. The number of aromatic nitrogens is 6. The van der Waals surface area contributed by atoms with Crippen LogP contribution in [0.1, 0.15) is 48.9 Å². The molecule has 15 nitrogen and oxygen atoms in total. The average molecular weight is 728 g/mol. The van der Waals surface area contributed by atoms with Crippen LogP contribution in [-0.4, -0.2) is 90.5 Å². The molecule has 0 saturated carbocycles. The Labute approximate surface area is 306 Å². The zero-order chi connectivity index (χ0) is 36.1. The molecule has 6 rings (SSSR count). The molecule has 4 amide bonds. The lowest BCUT2D eigenvalue weighted by atomic mass is 9.97. The van der Waals surface area contributed by atoms with Crippen LogP contribution >= 0.6 is 11.8 Å². The van der Waals surface area contributed by atoms with Crippen molar-refractivity contribution < 1.29 is 19.1 Å². The molecule has 3 atom stereocenters. The molecule has 274 valence electrons. The number of carbonyl (C=O) groups is 3. The predicted octanol–water partition coefficient (Wildman–Crippen LogP) is 3.02. The second kappa shape index (κ2) is 18.3. The van der Waals surface area contributed by atoms with E-state index >= 15 is 0 Å². The van der Waals surface area contributed by atoms with Crippen molar-refractivity contribution in [3.05, 3.63) is 77.9 Å². The quantitative estimate of drug-likeness (QED) is 0.0705. The second-order valence-electron chi connectivity index (χ2n) is 12.8. The summed E-state index contributed by atoms with van der Waals surface area (Å²) in [6, 6.07) is 16.9. The van der Waals surface area contributed by atoms with Crippen molar-refractivity contribution in [2.45, 2.75) is 75.9 Å². The first kappa shape index (κ1) is 36.5. The molecule has 0 spiro atoms. The number of urea groups is 1. The molecule has 2 saturated heterocycles. The van der Waals surface area contributed by atoms with Gasteiger partial charge in [0.1, 0.15) is 12.9 Å². The van der Waals surface area contributed by atoms with E-state index in [-0.39, 0.29) is 42.4 Å². The van der Waals surface area contributed by atoms with Gasteiger partial charge in [-0.3, -0.25) is 14.3 Å². The molecule has 2 fully saturated rings. The molecule has 16 heteroatoms. The minimum atomic E-state index is -0.104. The summed E-state index contributed by atoms with van der Waals surface area (Å²) in [6.45, 7) is 4.15. The summed E-state index contributed by atoms with van der Waals surface area (Å²) in [6.07, 6.45) is 7.13. The Balaban J connectivity index is 0.811. The average Bonchev–Trinajstić information content (AvgIpc) is 3.87. The highest BCUT2D eigenvalue weighted by Gasteiger charge is 2.42. The third kappa shape index (κ3) is 10.4. The number of fused-ring (bicyclic) bond motifs is 1. The summed E-state index contributed by atoms with van der Waals surface area (Å²) in [5.74, 6) is 1.21. The van der Waals surface area contributed by atoms with Crippen molar-refractivity contribution in [1.82, 2.24) is 51.2 Å². The molecule has 52 heavy (non-hydrogen) atoms. The van der Waals surface area contributed by atoms with E-state index in [0.717, 1.165) is 47.3 Å². The van der Waals surface area contributed by atoms with Gasteiger partial charge < -0.3 is 31.3 Å². The molecule has 0 aliphatic carbocycles. The topological polar surface area (TPSA) is 190 Å². The van der Waals surface area contributed by atoms with Crippen LogP contribution in [0.15, 0.2) is 61.1 Å². The zero-order valence-corrected chi connectivity index (χ0v) is 30.0. The van der Waals surface area contributed by atoms with Gasteiger partial charge in [0.15, 0.2) is 0 Å². The third-order valence-electron chi connectivity index (χ3n) is 9.11. The summed E-state index contributed by atoms with van der Waals surface area (Å²) in [7, 11) is 0. The fourth-order valence-electron chi connectivity index (χ4n) is 6.29. The van der Waals surface area contributed by atoms with E-state index in [1.165, 1.54) is 6.33 Å². The predicted molar refractivity (Wildman–Crippen MR) is 198 cm³/mol.